The predicted octanol–water partition coefficient (Wildman–Crippen LogP) is 1.20. The highest BCUT2D eigenvalue weighted by atomic mass is 16.6. The van der Waals surface area contributed by atoms with Gasteiger partial charge in [-0.25, -0.2) is 9.48 Å². The topological polar surface area (TPSA) is 120 Å². The molecule has 1 aromatic heterocycles. The summed E-state index contributed by atoms with van der Waals surface area (Å²) in [5, 5.41) is 27.2. The molecular formula is C12H12N4O5. The van der Waals surface area contributed by atoms with Crippen molar-refractivity contribution in [3.8, 4) is 11.3 Å². The molecule has 0 saturated carbocycles. The van der Waals surface area contributed by atoms with Gasteiger partial charge in [0.1, 0.15) is 5.69 Å². The van der Waals surface area contributed by atoms with Crippen molar-refractivity contribution in [3.05, 3.63) is 40.1 Å². The van der Waals surface area contributed by atoms with E-state index < -0.39 is 10.9 Å². The number of methoxy groups -OCH3 is 1. The Morgan fingerprint density at radius 1 is 1.43 bits per heavy atom. The first-order valence-corrected chi connectivity index (χ1v) is 5.95. The first-order chi connectivity index (χ1) is 10.0. The summed E-state index contributed by atoms with van der Waals surface area (Å²) in [6.07, 6.45) is 0. The molecule has 1 heterocycles. The maximum Gasteiger partial charge on any atom is 0.358 e. The lowest BCUT2D eigenvalue weighted by Gasteiger charge is -2.06. The zero-order valence-corrected chi connectivity index (χ0v) is 11.1. The van der Waals surface area contributed by atoms with Gasteiger partial charge in [-0.05, 0) is 12.1 Å². The number of hydrogen-bond acceptors (Lipinski definition) is 6. The van der Waals surface area contributed by atoms with Crippen LogP contribution in [0.2, 0.25) is 0 Å². The number of nitro groups is 1. The Morgan fingerprint density at radius 3 is 2.62 bits per heavy atom. The molecule has 0 aliphatic carbocycles. The van der Waals surface area contributed by atoms with Gasteiger partial charge in [-0.1, -0.05) is 5.21 Å². The SMILES string of the molecule is COCCn1nnc(C(=O)O)c1-c1ccc([N+](=O)[O-])cc1. The van der Waals surface area contributed by atoms with Crippen LogP contribution >= 0.6 is 0 Å². The van der Waals surface area contributed by atoms with E-state index >= 15 is 0 Å². The first kappa shape index (κ1) is 14.6. The summed E-state index contributed by atoms with van der Waals surface area (Å²) in [5.74, 6) is -1.22. The fourth-order valence-corrected chi connectivity index (χ4v) is 1.82. The molecule has 2 aromatic rings. The average Bonchev–Trinajstić information content (AvgIpc) is 2.89. The fourth-order valence-electron chi connectivity index (χ4n) is 1.82. The van der Waals surface area contributed by atoms with Gasteiger partial charge in [0, 0.05) is 24.8 Å². The summed E-state index contributed by atoms with van der Waals surface area (Å²) >= 11 is 0. The van der Waals surface area contributed by atoms with Gasteiger partial charge < -0.3 is 9.84 Å². The Labute approximate surface area is 118 Å². The van der Waals surface area contributed by atoms with Crippen molar-refractivity contribution in [1.29, 1.82) is 0 Å². The second kappa shape index (κ2) is 6.09. The van der Waals surface area contributed by atoms with E-state index in [1.807, 2.05) is 0 Å². The molecule has 0 aliphatic rings. The number of carbonyl (C=O) groups is 1. The molecular weight excluding hydrogens is 280 g/mol. The third kappa shape index (κ3) is 3.03. The summed E-state index contributed by atoms with van der Waals surface area (Å²) in [5.41, 5.74) is 0.486. The van der Waals surface area contributed by atoms with E-state index in [4.69, 9.17) is 9.84 Å². The number of nitrogens with zero attached hydrogens (tertiary/aromatic N) is 4. The van der Waals surface area contributed by atoms with E-state index in [1.54, 1.807) is 0 Å². The summed E-state index contributed by atoms with van der Waals surface area (Å²) in [4.78, 5) is 21.3. The lowest BCUT2D eigenvalue weighted by Crippen LogP contribution is -2.09. The van der Waals surface area contributed by atoms with E-state index in [2.05, 4.69) is 10.3 Å². The largest absolute Gasteiger partial charge is 0.476 e. The molecule has 2 rings (SSSR count). The molecule has 1 aromatic carbocycles. The lowest BCUT2D eigenvalue weighted by molar-refractivity contribution is -0.384. The number of aromatic carboxylic acids is 1. The van der Waals surface area contributed by atoms with E-state index in [1.165, 1.54) is 36.1 Å². The molecule has 0 amide bonds. The third-order valence-electron chi connectivity index (χ3n) is 2.80. The molecule has 0 atom stereocenters. The van der Waals surface area contributed by atoms with Gasteiger partial charge in [0.15, 0.2) is 5.69 Å². The van der Waals surface area contributed by atoms with E-state index in [9.17, 15) is 14.9 Å². The maximum absolute atomic E-state index is 11.2. The van der Waals surface area contributed by atoms with Gasteiger partial charge in [0.2, 0.25) is 0 Å². The van der Waals surface area contributed by atoms with Crippen molar-refractivity contribution in [3.63, 3.8) is 0 Å². The average molecular weight is 292 g/mol. The second-order valence-electron chi connectivity index (χ2n) is 4.11. The lowest BCUT2D eigenvalue weighted by atomic mass is 10.1. The van der Waals surface area contributed by atoms with Crippen LogP contribution in [0.4, 0.5) is 5.69 Å². The zero-order chi connectivity index (χ0) is 15.4. The van der Waals surface area contributed by atoms with Crippen LogP contribution in [0.15, 0.2) is 24.3 Å². The minimum absolute atomic E-state index is 0.0773. The number of hydrogen-bond donors (Lipinski definition) is 1. The fraction of sp³-hybridized carbons (Fsp3) is 0.250. The van der Waals surface area contributed by atoms with Crippen molar-refractivity contribution in [2.45, 2.75) is 6.54 Å². The summed E-state index contributed by atoms with van der Waals surface area (Å²) in [6, 6.07) is 5.53. The molecule has 21 heavy (non-hydrogen) atoms. The molecule has 0 saturated heterocycles. The van der Waals surface area contributed by atoms with Crippen LogP contribution in [0, 0.1) is 10.1 Å². The smallest absolute Gasteiger partial charge is 0.358 e. The number of nitro benzene ring substituents is 1. The Bertz CT molecular complexity index is 665. The van der Waals surface area contributed by atoms with Crippen molar-refractivity contribution in [2.24, 2.45) is 0 Å². The minimum Gasteiger partial charge on any atom is -0.476 e. The summed E-state index contributed by atoms with van der Waals surface area (Å²) < 4.78 is 6.33. The molecule has 0 unspecified atom stereocenters. The van der Waals surface area contributed by atoms with E-state index in [0.29, 0.717) is 18.7 Å². The van der Waals surface area contributed by atoms with Crippen LogP contribution in [-0.2, 0) is 11.3 Å². The van der Waals surface area contributed by atoms with Crippen molar-refractivity contribution in [2.75, 3.05) is 13.7 Å². The molecule has 110 valence electrons. The van der Waals surface area contributed by atoms with Gasteiger partial charge >= 0.3 is 5.97 Å². The number of ether oxygens (including phenoxy) is 1. The number of carboxylic acid groups (broad SMARTS) is 1. The Kier molecular flexibility index (Phi) is 4.24. The van der Waals surface area contributed by atoms with E-state index in [-0.39, 0.29) is 17.1 Å². The molecule has 0 spiro atoms. The van der Waals surface area contributed by atoms with Crippen LogP contribution in [0.1, 0.15) is 10.5 Å². The Balaban J connectivity index is 2.46. The second-order valence-corrected chi connectivity index (χ2v) is 4.11. The molecule has 1 N–H and O–H groups in total. The number of non-ortho nitro benzene ring substituents is 1. The molecule has 0 fully saturated rings. The zero-order valence-electron chi connectivity index (χ0n) is 11.1. The van der Waals surface area contributed by atoms with Crippen LogP contribution < -0.4 is 0 Å². The van der Waals surface area contributed by atoms with Crippen LogP contribution in [-0.4, -0.2) is 44.7 Å². The normalized spacial score (nSPS) is 10.5. The molecule has 0 aliphatic heterocycles. The van der Waals surface area contributed by atoms with Gasteiger partial charge in [0.05, 0.1) is 18.1 Å². The molecule has 0 bridgehead atoms. The number of aromatic nitrogens is 3. The van der Waals surface area contributed by atoms with Gasteiger partial charge in [-0.15, -0.1) is 5.10 Å². The predicted molar refractivity (Wildman–Crippen MR) is 70.9 cm³/mol. The Hall–Kier alpha value is -2.81. The monoisotopic (exact) mass is 292 g/mol. The van der Waals surface area contributed by atoms with Crippen molar-refractivity contribution < 1.29 is 19.6 Å². The Morgan fingerprint density at radius 2 is 2.10 bits per heavy atom. The van der Waals surface area contributed by atoms with Gasteiger partial charge in [-0.2, -0.15) is 0 Å². The van der Waals surface area contributed by atoms with Crippen LogP contribution in [0.25, 0.3) is 11.3 Å². The first-order valence-electron chi connectivity index (χ1n) is 5.95. The van der Waals surface area contributed by atoms with Crippen molar-refractivity contribution >= 4 is 11.7 Å². The number of rotatable bonds is 6. The molecule has 0 radical (unpaired) electrons. The van der Waals surface area contributed by atoms with Crippen LogP contribution in [0.5, 0.6) is 0 Å². The highest BCUT2D eigenvalue weighted by molar-refractivity contribution is 5.92. The quantitative estimate of drug-likeness (QED) is 0.627. The number of carboxylic acids is 1. The van der Waals surface area contributed by atoms with Crippen molar-refractivity contribution in [1.82, 2.24) is 15.0 Å². The third-order valence-corrected chi connectivity index (χ3v) is 2.80. The highest BCUT2D eigenvalue weighted by Gasteiger charge is 2.21. The molecule has 9 nitrogen and oxygen atoms in total. The van der Waals surface area contributed by atoms with Gasteiger partial charge in [-0.3, -0.25) is 10.1 Å². The maximum atomic E-state index is 11.2. The highest BCUT2D eigenvalue weighted by Crippen LogP contribution is 2.24. The number of benzene rings is 1. The summed E-state index contributed by atoms with van der Waals surface area (Å²) in [7, 11) is 1.51. The van der Waals surface area contributed by atoms with E-state index in [0.717, 1.165) is 0 Å². The minimum atomic E-state index is -1.22. The standard InChI is InChI=1S/C12H12N4O5/c1-21-7-6-15-11(10(12(17)18)13-14-15)8-2-4-9(5-3-8)16(19)20/h2-5H,6-7H2,1H3,(H,17,18). The van der Waals surface area contributed by atoms with Crippen LogP contribution in [0.3, 0.4) is 0 Å². The molecule has 9 heteroatoms. The summed E-state index contributed by atoms with van der Waals surface area (Å²) in [6.45, 7) is 0.658. The van der Waals surface area contributed by atoms with Gasteiger partial charge in [0.25, 0.3) is 5.69 Å².